The lowest BCUT2D eigenvalue weighted by atomic mass is 10.0. The molecule has 7 nitrogen and oxygen atoms in total. The molecule has 9 heteroatoms. The van der Waals surface area contributed by atoms with E-state index in [0.29, 0.717) is 25.4 Å². The van der Waals surface area contributed by atoms with Gasteiger partial charge in [0.15, 0.2) is 0 Å². The first-order valence-electron chi connectivity index (χ1n) is 10.1. The maximum atomic E-state index is 12.8. The number of aryl methyl sites for hydroxylation is 1. The highest BCUT2D eigenvalue weighted by molar-refractivity contribution is 7.92. The van der Waals surface area contributed by atoms with Crippen LogP contribution in [0.5, 0.6) is 0 Å². The summed E-state index contributed by atoms with van der Waals surface area (Å²) in [7, 11) is -3.87. The molecule has 1 aliphatic heterocycles. The second-order valence-corrected chi connectivity index (χ2v) is 10.3. The lowest BCUT2D eigenvalue weighted by Crippen LogP contribution is -2.55. The minimum Gasteiger partial charge on any atom is -0.379 e. The van der Waals surface area contributed by atoms with Crippen molar-refractivity contribution in [3.8, 4) is 0 Å². The van der Waals surface area contributed by atoms with Gasteiger partial charge in [0.2, 0.25) is 0 Å². The molecule has 1 amide bonds. The van der Waals surface area contributed by atoms with Gasteiger partial charge in [-0.2, -0.15) is 0 Å². The smallest absolute Gasteiger partial charge is 0.261 e. The molecule has 0 aliphatic carbocycles. The molecule has 2 aromatic rings. The van der Waals surface area contributed by atoms with Crippen LogP contribution in [0.3, 0.4) is 0 Å². The number of morpholine rings is 1. The molecule has 2 aromatic carbocycles. The molecule has 1 aliphatic rings. The minimum absolute atomic E-state index is 0.0315. The Bertz CT molecular complexity index is 1050. The Morgan fingerprint density at radius 3 is 2.55 bits per heavy atom. The molecule has 168 valence electrons. The van der Waals surface area contributed by atoms with Crippen LogP contribution in [0, 0.1) is 6.92 Å². The average Bonchev–Trinajstić information content (AvgIpc) is 2.72. The second kappa shape index (κ2) is 9.56. The number of hydrogen-bond acceptors (Lipinski definition) is 5. The fraction of sp³-hybridized carbons (Fsp3) is 0.409. The summed E-state index contributed by atoms with van der Waals surface area (Å²) in [5.74, 6) is -0.418. The molecule has 1 saturated heterocycles. The fourth-order valence-corrected chi connectivity index (χ4v) is 4.72. The van der Waals surface area contributed by atoms with E-state index in [1.807, 2.05) is 26.8 Å². The largest absolute Gasteiger partial charge is 0.379 e. The van der Waals surface area contributed by atoms with Crippen LogP contribution in [-0.2, 0) is 14.8 Å². The highest BCUT2D eigenvalue weighted by Crippen LogP contribution is 2.23. The van der Waals surface area contributed by atoms with Crippen molar-refractivity contribution in [2.45, 2.75) is 31.2 Å². The first-order chi connectivity index (χ1) is 14.6. The van der Waals surface area contributed by atoms with E-state index in [9.17, 15) is 13.2 Å². The van der Waals surface area contributed by atoms with Crippen molar-refractivity contribution in [1.29, 1.82) is 0 Å². The highest BCUT2D eigenvalue weighted by Gasteiger charge is 2.29. The first-order valence-corrected chi connectivity index (χ1v) is 11.9. The zero-order valence-corrected chi connectivity index (χ0v) is 19.5. The number of nitrogens with one attached hydrogen (secondary N) is 2. The molecular weight excluding hydrogens is 438 g/mol. The Hall–Kier alpha value is -2.13. The molecule has 1 heterocycles. The van der Waals surface area contributed by atoms with Crippen molar-refractivity contribution in [3.63, 3.8) is 0 Å². The average molecular weight is 466 g/mol. The quantitative estimate of drug-likeness (QED) is 0.655. The number of rotatable bonds is 7. The Morgan fingerprint density at radius 1 is 1.16 bits per heavy atom. The van der Waals surface area contributed by atoms with E-state index in [-0.39, 0.29) is 21.0 Å². The number of carbonyl (C=O) groups is 1. The fourth-order valence-electron chi connectivity index (χ4n) is 3.44. The van der Waals surface area contributed by atoms with Crippen molar-refractivity contribution in [1.82, 2.24) is 10.2 Å². The summed E-state index contributed by atoms with van der Waals surface area (Å²) in [6, 6.07) is 11.2. The number of carbonyl (C=O) groups excluding carboxylic acids is 1. The van der Waals surface area contributed by atoms with Crippen molar-refractivity contribution in [2.75, 3.05) is 37.6 Å². The SMILES string of the molecule is Cc1cccc(NS(=O)(=O)c2ccc(Cl)c(C(=O)NCC(C)(C)N3CCOCC3)c2)c1. The van der Waals surface area contributed by atoms with Gasteiger partial charge in [-0.15, -0.1) is 0 Å². The first kappa shape index (κ1) is 23.5. The van der Waals surface area contributed by atoms with Crippen molar-refractivity contribution in [2.24, 2.45) is 0 Å². The second-order valence-electron chi connectivity index (χ2n) is 8.21. The van der Waals surface area contributed by atoms with E-state index < -0.39 is 15.9 Å². The van der Waals surface area contributed by atoms with Crippen LogP contribution in [0.15, 0.2) is 47.4 Å². The summed E-state index contributed by atoms with van der Waals surface area (Å²) in [5, 5.41) is 3.08. The molecule has 0 spiro atoms. The molecule has 0 radical (unpaired) electrons. The Balaban J connectivity index is 1.74. The number of benzene rings is 2. The highest BCUT2D eigenvalue weighted by atomic mass is 35.5. The van der Waals surface area contributed by atoms with E-state index in [1.54, 1.807) is 18.2 Å². The third-order valence-electron chi connectivity index (χ3n) is 5.31. The van der Waals surface area contributed by atoms with Gasteiger partial charge in [0.05, 0.1) is 28.7 Å². The van der Waals surface area contributed by atoms with E-state index in [2.05, 4.69) is 14.9 Å². The summed E-state index contributed by atoms with van der Waals surface area (Å²) in [6.07, 6.45) is 0. The van der Waals surface area contributed by atoms with Gasteiger partial charge in [0.1, 0.15) is 0 Å². The van der Waals surface area contributed by atoms with Gasteiger partial charge in [-0.05, 0) is 56.7 Å². The van der Waals surface area contributed by atoms with E-state index in [0.717, 1.165) is 18.7 Å². The topological polar surface area (TPSA) is 87.7 Å². The van der Waals surface area contributed by atoms with Crippen LogP contribution in [0.1, 0.15) is 29.8 Å². The number of nitrogens with zero attached hydrogens (tertiary/aromatic N) is 1. The third kappa shape index (κ3) is 5.98. The Kier molecular flexibility index (Phi) is 7.26. The number of halogens is 1. The van der Waals surface area contributed by atoms with Gasteiger partial charge < -0.3 is 10.1 Å². The molecule has 31 heavy (non-hydrogen) atoms. The van der Waals surface area contributed by atoms with Gasteiger partial charge in [0.25, 0.3) is 15.9 Å². The molecule has 0 unspecified atom stereocenters. The maximum absolute atomic E-state index is 12.8. The minimum atomic E-state index is -3.87. The van der Waals surface area contributed by atoms with Gasteiger partial charge in [-0.25, -0.2) is 8.42 Å². The predicted octanol–water partition coefficient (Wildman–Crippen LogP) is 3.29. The van der Waals surface area contributed by atoms with Crippen molar-refractivity contribution >= 4 is 33.2 Å². The van der Waals surface area contributed by atoms with Gasteiger partial charge in [0, 0.05) is 30.9 Å². The molecule has 3 rings (SSSR count). The molecule has 0 bridgehead atoms. The summed E-state index contributed by atoms with van der Waals surface area (Å²) in [4.78, 5) is 15.0. The van der Waals surface area contributed by atoms with Crippen LogP contribution in [-0.4, -0.2) is 57.6 Å². The van der Waals surface area contributed by atoms with Crippen LogP contribution >= 0.6 is 11.6 Å². The molecule has 0 saturated carbocycles. The number of ether oxygens (including phenoxy) is 1. The molecule has 1 fully saturated rings. The molecule has 0 atom stereocenters. The number of anilines is 1. The molecule has 0 aromatic heterocycles. The summed E-state index contributed by atoms with van der Waals surface area (Å²) >= 11 is 6.22. The molecule has 2 N–H and O–H groups in total. The zero-order chi connectivity index (χ0) is 22.6. The Labute approximate surface area is 188 Å². The predicted molar refractivity (Wildman–Crippen MR) is 122 cm³/mol. The summed E-state index contributed by atoms with van der Waals surface area (Å²) in [5.41, 5.74) is 1.22. The van der Waals surface area contributed by atoms with E-state index in [4.69, 9.17) is 16.3 Å². The van der Waals surface area contributed by atoms with Crippen molar-refractivity contribution in [3.05, 3.63) is 58.6 Å². The normalized spacial score (nSPS) is 15.5. The third-order valence-corrected chi connectivity index (χ3v) is 7.02. The number of sulfonamides is 1. The van der Waals surface area contributed by atoms with Crippen LogP contribution < -0.4 is 10.0 Å². The lowest BCUT2D eigenvalue weighted by molar-refractivity contribution is -0.00923. The monoisotopic (exact) mass is 465 g/mol. The Morgan fingerprint density at radius 2 is 1.87 bits per heavy atom. The molecular formula is C22H28ClN3O4S. The number of amides is 1. The van der Waals surface area contributed by atoms with Crippen molar-refractivity contribution < 1.29 is 17.9 Å². The van der Waals surface area contributed by atoms with E-state index >= 15 is 0 Å². The van der Waals surface area contributed by atoms with E-state index in [1.165, 1.54) is 18.2 Å². The number of hydrogen-bond donors (Lipinski definition) is 2. The van der Waals surface area contributed by atoms with Gasteiger partial charge in [-0.1, -0.05) is 23.7 Å². The standard InChI is InChI=1S/C22H28ClN3O4S/c1-16-5-4-6-17(13-16)25-31(28,29)18-7-8-20(23)19(14-18)21(27)24-15-22(2,3)26-9-11-30-12-10-26/h4-8,13-14,25H,9-12,15H2,1-3H3,(H,24,27). The van der Waals surface area contributed by atoms with Crippen LogP contribution in [0.4, 0.5) is 5.69 Å². The van der Waals surface area contributed by atoms with Gasteiger partial charge >= 0.3 is 0 Å². The van der Waals surface area contributed by atoms with Crippen LogP contribution in [0.25, 0.3) is 0 Å². The summed E-state index contributed by atoms with van der Waals surface area (Å²) < 4.78 is 33.6. The van der Waals surface area contributed by atoms with Crippen LogP contribution in [0.2, 0.25) is 5.02 Å². The summed E-state index contributed by atoms with van der Waals surface area (Å²) in [6.45, 7) is 9.28. The van der Waals surface area contributed by atoms with Gasteiger partial charge in [-0.3, -0.25) is 14.4 Å². The lowest BCUT2D eigenvalue weighted by Gasteiger charge is -2.40. The maximum Gasteiger partial charge on any atom is 0.261 e. The zero-order valence-electron chi connectivity index (χ0n) is 17.9.